The van der Waals surface area contributed by atoms with Gasteiger partial charge in [0.1, 0.15) is 0 Å². The van der Waals surface area contributed by atoms with Gasteiger partial charge < -0.3 is 4.90 Å². The average molecular weight is 288 g/mol. The summed E-state index contributed by atoms with van der Waals surface area (Å²) in [5, 5.41) is 8.90. The van der Waals surface area contributed by atoms with Crippen molar-refractivity contribution < 1.29 is 0 Å². The smallest absolute Gasteiger partial charge is 0.159 e. The van der Waals surface area contributed by atoms with Crippen molar-refractivity contribution in [3.63, 3.8) is 0 Å². The van der Waals surface area contributed by atoms with Gasteiger partial charge in [-0.2, -0.15) is 0 Å². The Morgan fingerprint density at radius 2 is 1.90 bits per heavy atom. The van der Waals surface area contributed by atoms with Gasteiger partial charge in [0.25, 0.3) is 0 Å². The fraction of sp³-hybridized carbons (Fsp3) is 0.375. The molecule has 2 heterocycles. The molecular formula is C16H18ClN3. The van der Waals surface area contributed by atoms with Gasteiger partial charge >= 0.3 is 0 Å². The molecule has 0 N–H and O–H groups in total. The van der Waals surface area contributed by atoms with E-state index in [0.29, 0.717) is 5.15 Å². The lowest BCUT2D eigenvalue weighted by atomic mass is 9.99. The second-order valence-corrected chi connectivity index (χ2v) is 5.81. The molecule has 3 nitrogen and oxygen atoms in total. The standard InChI is InChI=1S/C16H18ClN3/c1-10-6-7-14-13(9-10)5-4-8-20(14)16-12(3)11(2)15(17)18-19-16/h6-7,9H,4-5,8H2,1-3H3. The summed E-state index contributed by atoms with van der Waals surface area (Å²) in [7, 11) is 0. The van der Waals surface area contributed by atoms with E-state index in [4.69, 9.17) is 11.6 Å². The molecule has 0 fully saturated rings. The number of halogens is 1. The quantitative estimate of drug-likeness (QED) is 0.789. The van der Waals surface area contributed by atoms with E-state index in [1.165, 1.54) is 16.8 Å². The summed E-state index contributed by atoms with van der Waals surface area (Å²) >= 11 is 6.05. The van der Waals surface area contributed by atoms with Crippen LogP contribution in [0.5, 0.6) is 0 Å². The van der Waals surface area contributed by atoms with E-state index < -0.39 is 0 Å². The van der Waals surface area contributed by atoms with Crippen LogP contribution in [0.15, 0.2) is 18.2 Å². The molecule has 0 atom stereocenters. The molecule has 104 valence electrons. The molecular weight excluding hydrogens is 270 g/mol. The predicted octanol–water partition coefficient (Wildman–Crippen LogP) is 4.14. The van der Waals surface area contributed by atoms with Crippen LogP contribution in [0.3, 0.4) is 0 Å². The minimum absolute atomic E-state index is 0.493. The Morgan fingerprint density at radius 3 is 2.70 bits per heavy atom. The largest absolute Gasteiger partial charge is 0.324 e. The summed E-state index contributed by atoms with van der Waals surface area (Å²) in [4.78, 5) is 2.27. The maximum absolute atomic E-state index is 6.05. The molecule has 0 radical (unpaired) electrons. The highest BCUT2D eigenvalue weighted by atomic mass is 35.5. The first-order valence-corrected chi connectivity index (χ1v) is 7.32. The lowest BCUT2D eigenvalue weighted by molar-refractivity contribution is 0.749. The highest BCUT2D eigenvalue weighted by molar-refractivity contribution is 6.30. The normalized spacial score (nSPS) is 14.3. The van der Waals surface area contributed by atoms with Gasteiger partial charge in [-0.05, 0) is 56.4 Å². The van der Waals surface area contributed by atoms with Gasteiger partial charge in [0.15, 0.2) is 11.0 Å². The number of benzene rings is 1. The van der Waals surface area contributed by atoms with Crippen molar-refractivity contribution in [1.82, 2.24) is 10.2 Å². The number of anilines is 2. The molecule has 1 aromatic carbocycles. The van der Waals surface area contributed by atoms with Gasteiger partial charge in [-0.25, -0.2) is 0 Å². The predicted molar refractivity (Wildman–Crippen MR) is 83.0 cm³/mol. The summed E-state index contributed by atoms with van der Waals surface area (Å²) in [6.07, 6.45) is 2.27. The number of nitrogens with zero attached hydrogens (tertiary/aromatic N) is 3. The number of aromatic nitrogens is 2. The molecule has 0 saturated carbocycles. The molecule has 0 unspecified atom stereocenters. The Bertz CT molecular complexity index is 667. The summed E-state index contributed by atoms with van der Waals surface area (Å²) in [6, 6.07) is 6.62. The van der Waals surface area contributed by atoms with Gasteiger partial charge in [0.05, 0.1) is 0 Å². The zero-order chi connectivity index (χ0) is 14.3. The van der Waals surface area contributed by atoms with Gasteiger partial charge in [0.2, 0.25) is 0 Å². The first kappa shape index (κ1) is 13.4. The van der Waals surface area contributed by atoms with Crippen LogP contribution >= 0.6 is 11.6 Å². The topological polar surface area (TPSA) is 29.0 Å². The van der Waals surface area contributed by atoms with E-state index >= 15 is 0 Å². The third-order valence-electron chi connectivity index (χ3n) is 4.05. The highest BCUT2D eigenvalue weighted by Gasteiger charge is 2.22. The highest BCUT2D eigenvalue weighted by Crippen LogP contribution is 2.35. The van der Waals surface area contributed by atoms with E-state index in [1.54, 1.807) is 0 Å². The number of hydrogen-bond donors (Lipinski definition) is 0. The fourth-order valence-electron chi connectivity index (χ4n) is 2.77. The first-order valence-electron chi connectivity index (χ1n) is 6.94. The third kappa shape index (κ3) is 2.16. The Balaban J connectivity index is 2.12. The number of rotatable bonds is 1. The summed E-state index contributed by atoms with van der Waals surface area (Å²) in [5.41, 5.74) is 6.07. The lowest BCUT2D eigenvalue weighted by Crippen LogP contribution is -2.26. The van der Waals surface area contributed by atoms with Gasteiger partial charge in [-0.15, -0.1) is 10.2 Å². The molecule has 0 spiro atoms. The summed E-state index contributed by atoms with van der Waals surface area (Å²) in [5.74, 6) is 0.928. The number of hydrogen-bond acceptors (Lipinski definition) is 3. The van der Waals surface area contributed by atoms with E-state index in [2.05, 4.69) is 47.1 Å². The SMILES string of the molecule is Cc1ccc2c(c1)CCCN2c1nnc(Cl)c(C)c1C. The van der Waals surface area contributed by atoms with Crippen LogP contribution in [-0.4, -0.2) is 16.7 Å². The van der Waals surface area contributed by atoms with Crippen LogP contribution in [0.2, 0.25) is 5.15 Å². The molecule has 2 aromatic rings. The Labute approximate surface area is 124 Å². The zero-order valence-electron chi connectivity index (χ0n) is 12.1. The van der Waals surface area contributed by atoms with Crippen molar-refractivity contribution in [2.24, 2.45) is 0 Å². The molecule has 3 rings (SSSR count). The van der Waals surface area contributed by atoms with Crippen LogP contribution in [0, 0.1) is 20.8 Å². The molecule has 1 aliphatic rings. The monoisotopic (exact) mass is 287 g/mol. The van der Waals surface area contributed by atoms with Crippen LogP contribution in [0.4, 0.5) is 11.5 Å². The second-order valence-electron chi connectivity index (χ2n) is 5.45. The van der Waals surface area contributed by atoms with Gasteiger partial charge in [0, 0.05) is 12.2 Å². The molecule has 0 amide bonds. The summed E-state index contributed by atoms with van der Waals surface area (Å²) < 4.78 is 0. The van der Waals surface area contributed by atoms with Crippen molar-refractivity contribution in [2.45, 2.75) is 33.6 Å². The molecule has 4 heteroatoms. The average Bonchev–Trinajstić information content (AvgIpc) is 2.44. The molecule has 20 heavy (non-hydrogen) atoms. The van der Waals surface area contributed by atoms with Crippen LogP contribution in [-0.2, 0) is 6.42 Å². The van der Waals surface area contributed by atoms with Crippen LogP contribution < -0.4 is 4.90 Å². The maximum Gasteiger partial charge on any atom is 0.159 e. The Kier molecular flexibility index (Phi) is 3.38. The molecule has 0 aliphatic carbocycles. The molecule has 0 bridgehead atoms. The minimum atomic E-state index is 0.493. The number of aryl methyl sites for hydroxylation is 2. The molecule has 1 aliphatic heterocycles. The van der Waals surface area contributed by atoms with E-state index in [0.717, 1.165) is 36.3 Å². The van der Waals surface area contributed by atoms with Gasteiger partial charge in [-0.3, -0.25) is 0 Å². The van der Waals surface area contributed by atoms with Crippen molar-refractivity contribution in [2.75, 3.05) is 11.4 Å². The molecule has 0 saturated heterocycles. The number of fused-ring (bicyclic) bond motifs is 1. The van der Waals surface area contributed by atoms with Crippen molar-refractivity contribution in [1.29, 1.82) is 0 Å². The zero-order valence-corrected chi connectivity index (χ0v) is 12.8. The van der Waals surface area contributed by atoms with E-state index in [9.17, 15) is 0 Å². The third-order valence-corrected chi connectivity index (χ3v) is 4.41. The maximum atomic E-state index is 6.05. The van der Waals surface area contributed by atoms with Crippen LogP contribution in [0.1, 0.15) is 28.7 Å². The van der Waals surface area contributed by atoms with Crippen molar-refractivity contribution in [3.05, 3.63) is 45.6 Å². The summed E-state index contributed by atoms with van der Waals surface area (Å²) in [6.45, 7) is 7.17. The molecule has 1 aromatic heterocycles. The lowest BCUT2D eigenvalue weighted by Gasteiger charge is -2.31. The van der Waals surface area contributed by atoms with Crippen molar-refractivity contribution in [3.8, 4) is 0 Å². The Morgan fingerprint density at radius 1 is 1.10 bits per heavy atom. The van der Waals surface area contributed by atoms with Gasteiger partial charge in [-0.1, -0.05) is 29.3 Å². The van der Waals surface area contributed by atoms with Crippen molar-refractivity contribution >= 4 is 23.1 Å². The van der Waals surface area contributed by atoms with E-state index in [-0.39, 0.29) is 0 Å². The van der Waals surface area contributed by atoms with E-state index in [1.807, 2.05) is 6.92 Å². The Hall–Kier alpha value is -1.61. The second kappa shape index (κ2) is 5.06. The fourth-order valence-corrected chi connectivity index (χ4v) is 2.95. The first-order chi connectivity index (χ1) is 9.58. The van der Waals surface area contributed by atoms with Crippen LogP contribution in [0.25, 0.3) is 0 Å². The minimum Gasteiger partial charge on any atom is -0.324 e.